The predicted octanol–water partition coefficient (Wildman–Crippen LogP) is 14.5. The lowest BCUT2D eigenvalue weighted by atomic mass is 10.0. The van der Waals surface area contributed by atoms with Crippen LogP contribution < -0.4 is 5.32 Å². The van der Waals surface area contributed by atoms with Crippen molar-refractivity contribution in [1.82, 2.24) is 5.32 Å². The molecule has 0 aliphatic carbocycles. The second kappa shape index (κ2) is 45.2. The number of allylic oxidation sites excluding steroid dienone is 6. The van der Waals surface area contributed by atoms with Gasteiger partial charge in [-0.1, -0.05) is 198 Å². The van der Waals surface area contributed by atoms with Crippen molar-refractivity contribution in [2.45, 2.75) is 270 Å². The molecule has 0 aliphatic rings. The SMILES string of the molecule is CC/C=C/C/C=C/CCCCCCCC(CC(=O)NC(CO)C(O)CCCCCCCCCCC)OC(=O)CCCCCCCCC/C=C/CCCCCCCC. The normalized spacial score (nSPS) is 13.6. The van der Waals surface area contributed by atoms with Crippen molar-refractivity contribution in [1.29, 1.82) is 0 Å². The number of hydrogen-bond acceptors (Lipinski definition) is 5. The molecule has 0 rings (SSSR count). The van der Waals surface area contributed by atoms with Gasteiger partial charge in [0, 0.05) is 6.42 Å². The molecule has 0 aliphatic heterocycles. The fourth-order valence-electron chi connectivity index (χ4n) is 7.46. The fourth-order valence-corrected chi connectivity index (χ4v) is 7.46. The number of carbonyl (C=O) groups excluding carboxylic acids is 2. The fraction of sp³-hybridized carbons (Fsp3) is 0.843. The summed E-state index contributed by atoms with van der Waals surface area (Å²) >= 11 is 0. The Morgan fingerprint density at radius 2 is 0.947 bits per heavy atom. The van der Waals surface area contributed by atoms with Crippen LogP contribution in [-0.4, -0.2) is 46.9 Å². The molecule has 0 heterocycles. The summed E-state index contributed by atoms with van der Waals surface area (Å²) in [5.74, 6) is -0.489. The number of hydrogen-bond donors (Lipinski definition) is 3. The predicted molar refractivity (Wildman–Crippen MR) is 246 cm³/mol. The van der Waals surface area contributed by atoms with E-state index < -0.39 is 18.2 Å². The molecule has 6 heteroatoms. The number of ether oxygens (including phenoxy) is 1. The van der Waals surface area contributed by atoms with E-state index in [2.05, 4.69) is 62.5 Å². The zero-order chi connectivity index (χ0) is 41.7. The van der Waals surface area contributed by atoms with Crippen LogP contribution in [0.25, 0.3) is 0 Å². The standard InChI is InChI=1S/C51H95NO5/c1-4-7-10-13-16-19-21-23-24-25-26-27-29-32-35-38-41-44-51(56)57-47(42-39-36-33-31-28-22-20-17-14-11-8-5-2)45-50(55)52-48(46-53)49(54)43-40-37-34-30-18-15-12-9-6-3/h8,11,17,20,23-24,47-49,53-54H,4-7,9-10,12-16,18-19,21-22,25-46H2,1-3H3,(H,52,55)/b11-8+,20-17+,24-23+. The van der Waals surface area contributed by atoms with Crippen molar-refractivity contribution < 1.29 is 24.5 Å². The number of carbonyl (C=O) groups is 2. The van der Waals surface area contributed by atoms with Crippen LogP contribution in [0.3, 0.4) is 0 Å². The Labute approximate surface area is 353 Å². The molecule has 3 unspecified atom stereocenters. The van der Waals surface area contributed by atoms with Crippen molar-refractivity contribution in [3.8, 4) is 0 Å². The molecule has 0 fully saturated rings. The molecule has 0 saturated carbocycles. The van der Waals surface area contributed by atoms with E-state index >= 15 is 0 Å². The van der Waals surface area contributed by atoms with Gasteiger partial charge in [0.05, 0.1) is 25.2 Å². The molecule has 0 bridgehead atoms. The van der Waals surface area contributed by atoms with Gasteiger partial charge in [-0.25, -0.2) is 0 Å². The maximum atomic E-state index is 13.1. The molecule has 0 aromatic rings. The highest BCUT2D eigenvalue weighted by atomic mass is 16.5. The molecule has 334 valence electrons. The molecule has 0 saturated heterocycles. The lowest BCUT2D eigenvalue weighted by molar-refractivity contribution is -0.151. The van der Waals surface area contributed by atoms with Gasteiger partial charge in [0.15, 0.2) is 0 Å². The molecule has 1 amide bonds. The highest BCUT2D eigenvalue weighted by molar-refractivity contribution is 5.77. The van der Waals surface area contributed by atoms with Gasteiger partial charge in [0.2, 0.25) is 5.91 Å². The number of unbranched alkanes of at least 4 members (excludes halogenated alkanes) is 26. The van der Waals surface area contributed by atoms with Crippen LogP contribution in [0.2, 0.25) is 0 Å². The van der Waals surface area contributed by atoms with Crippen LogP contribution in [-0.2, 0) is 14.3 Å². The summed E-state index contributed by atoms with van der Waals surface area (Å²) in [5, 5.41) is 23.6. The first-order valence-electron chi connectivity index (χ1n) is 24.7. The molecular weight excluding hydrogens is 707 g/mol. The molecule has 0 radical (unpaired) electrons. The first-order chi connectivity index (χ1) is 28.0. The van der Waals surface area contributed by atoms with Gasteiger partial charge in [0.25, 0.3) is 0 Å². The van der Waals surface area contributed by atoms with Crippen molar-refractivity contribution in [3.05, 3.63) is 36.5 Å². The van der Waals surface area contributed by atoms with Gasteiger partial charge < -0.3 is 20.3 Å². The molecule has 0 spiro atoms. The van der Waals surface area contributed by atoms with Crippen molar-refractivity contribution in [2.75, 3.05) is 6.61 Å². The minimum absolute atomic E-state index is 0.0680. The molecular formula is C51H95NO5. The van der Waals surface area contributed by atoms with Gasteiger partial charge in [-0.05, 0) is 77.0 Å². The molecule has 0 aromatic heterocycles. The third-order valence-electron chi connectivity index (χ3n) is 11.2. The summed E-state index contributed by atoms with van der Waals surface area (Å²) in [5.41, 5.74) is 0. The molecule has 3 atom stereocenters. The van der Waals surface area contributed by atoms with Crippen LogP contribution in [0.4, 0.5) is 0 Å². The average molecular weight is 802 g/mol. The quantitative estimate of drug-likeness (QED) is 0.0324. The highest BCUT2D eigenvalue weighted by Gasteiger charge is 2.24. The van der Waals surface area contributed by atoms with Crippen LogP contribution in [0, 0.1) is 0 Å². The largest absolute Gasteiger partial charge is 0.462 e. The Bertz CT molecular complexity index is 946. The molecule has 57 heavy (non-hydrogen) atoms. The summed E-state index contributed by atoms with van der Waals surface area (Å²) in [4.78, 5) is 26.0. The van der Waals surface area contributed by atoms with E-state index in [4.69, 9.17) is 4.74 Å². The van der Waals surface area contributed by atoms with E-state index in [-0.39, 0.29) is 24.9 Å². The second-order valence-corrected chi connectivity index (χ2v) is 16.8. The Morgan fingerprint density at radius 3 is 1.44 bits per heavy atom. The summed E-state index contributed by atoms with van der Waals surface area (Å²) in [6.07, 6.45) is 52.1. The van der Waals surface area contributed by atoms with Gasteiger partial charge in [-0.3, -0.25) is 9.59 Å². The number of rotatable bonds is 44. The first-order valence-corrected chi connectivity index (χ1v) is 24.7. The van der Waals surface area contributed by atoms with E-state index in [1.54, 1.807) is 0 Å². The van der Waals surface area contributed by atoms with Gasteiger partial charge in [0.1, 0.15) is 6.10 Å². The molecule has 6 nitrogen and oxygen atoms in total. The lowest BCUT2D eigenvalue weighted by Gasteiger charge is -2.24. The maximum absolute atomic E-state index is 13.1. The summed E-state index contributed by atoms with van der Waals surface area (Å²) in [7, 11) is 0. The van der Waals surface area contributed by atoms with Crippen molar-refractivity contribution in [2.24, 2.45) is 0 Å². The minimum atomic E-state index is -0.788. The molecule has 3 N–H and O–H groups in total. The topological polar surface area (TPSA) is 95.9 Å². The van der Waals surface area contributed by atoms with E-state index in [0.717, 1.165) is 77.0 Å². The average Bonchev–Trinajstić information content (AvgIpc) is 3.20. The van der Waals surface area contributed by atoms with E-state index in [0.29, 0.717) is 19.3 Å². The van der Waals surface area contributed by atoms with Crippen LogP contribution in [0.5, 0.6) is 0 Å². The third kappa shape index (κ3) is 40.6. The second-order valence-electron chi connectivity index (χ2n) is 16.8. The van der Waals surface area contributed by atoms with E-state index in [1.807, 2.05) is 0 Å². The van der Waals surface area contributed by atoms with Crippen LogP contribution in [0.1, 0.15) is 252 Å². The lowest BCUT2D eigenvalue weighted by Crippen LogP contribution is -2.46. The third-order valence-corrected chi connectivity index (χ3v) is 11.2. The minimum Gasteiger partial charge on any atom is -0.462 e. The monoisotopic (exact) mass is 802 g/mol. The highest BCUT2D eigenvalue weighted by Crippen LogP contribution is 2.17. The summed E-state index contributed by atoms with van der Waals surface area (Å²) in [6, 6.07) is -0.703. The number of aliphatic hydroxyl groups is 2. The molecule has 0 aromatic carbocycles. The Balaban J connectivity index is 4.54. The van der Waals surface area contributed by atoms with Gasteiger partial charge in [-0.15, -0.1) is 0 Å². The summed E-state index contributed by atoms with van der Waals surface area (Å²) < 4.78 is 5.91. The zero-order valence-corrected chi connectivity index (χ0v) is 38.0. The Kier molecular flexibility index (Phi) is 43.6. The summed E-state index contributed by atoms with van der Waals surface area (Å²) in [6.45, 7) is 6.35. The van der Waals surface area contributed by atoms with Gasteiger partial charge >= 0.3 is 5.97 Å². The van der Waals surface area contributed by atoms with Crippen molar-refractivity contribution in [3.63, 3.8) is 0 Å². The van der Waals surface area contributed by atoms with Crippen LogP contribution in [0.15, 0.2) is 36.5 Å². The first kappa shape index (κ1) is 55.1. The van der Waals surface area contributed by atoms with E-state index in [9.17, 15) is 19.8 Å². The van der Waals surface area contributed by atoms with Crippen molar-refractivity contribution >= 4 is 11.9 Å². The number of esters is 1. The zero-order valence-electron chi connectivity index (χ0n) is 38.0. The number of aliphatic hydroxyl groups excluding tert-OH is 2. The smallest absolute Gasteiger partial charge is 0.306 e. The van der Waals surface area contributed by atoms with Crippen LogP contribution >= 0.6 is 0 Å². The number of nitrogens with one attached hydrogen (secondary N) is 1. The maximum Gasteiger partial charge on any atom is 0.306 e. The van der Waals surface area contributed by atoms with E-state index in [1.165, 1.54) is 128 Å². The Morgan fingerprint density at radius 1 is 0.526 bits per heavy atom. The Hall–Kier alpha value is -1.92. The number of amides is 1. The van der Waals surface area contributed by atoms with Gasteiger partial charge in [-0.2, -0.15) is 0 Å².